The van der Waals surface area contributed by atoms with E-state index >= 15 is 0 Å². The van der Waals surface area contributed by atoms with Gasteiger partial charge in [0.05, 0.1) is 4.47 Å². The van der Waals surface area contributed by atoms with Gasteiger partial charge in [-0.15, -0.1) is 0 Å². The Bertz CT molecular complexity index is 517. The first kappa shape index (κ1) is 17.0. The second-order valence-corrected chi connectivity index (χ2v) is 7.61. The van der Waals surface area contributed by atoms with Gasteiger partial charge in [0.25, 0.3) is 0 Å². The van der Waals surface area contributed by atoms with Gasteiger partial charge in [0.1, 0.15) is 5.60 Å². The Labute approximate surface area is 140 Å². The molecule has 2 rings (SSSR count). The fourth-order valence-corrected chi connectivity index (χ4v) is 2.84. The number of piperazine rings is 1. The molecular weight excluding hydrogens is 348 g/mol. The van der Waals surface area contributed by atoms with Gasteiger partial charge in [-0.25, -0.2) is 14.8 Å². The summed E-state index contributed by atoms with van der Waals surface area (Å²) < 4.78 is 6.31. The monoisotopic (exact) mass is 370 g/mol. The quantitative estimate of drug-likeness (QED) is 0.760. The number of aromatic nitrogens is 2. The maximum absolute atomic E-state index is 12.2. The SMILES string of the molecule is C[C@@H]1CN(C(=O)OC(C)(C)C)C[C@H](C)N1c1ncc(Br)cn1. The Morgan fingerprint density at radius 2 is 1.73 bits per heavy atom. The van der Waals surface area contributed by atoms with Crippen LogP contribution in [0.25, 0.3) is 0 Å². The molecule has 122 valence electrons. The molecular formula is C15H23BrN4O2. The van der Waals surface area contributed by atoms with Gasteiger partial charge in [-0.1, -0.05) is 0 Å². The van der Waals surface area contributed by atoms with Crippen molar-refractivity contribution in [2.24, 2.45) is 0 Å². The molecule has 1 amide bonds. The average Bonchev–Trinajstić information content (AvgIpc) is 2.38. The van der Waals surface area contributed by atoms with Crippen molar-refractivity contribution in [1.29, 1.82) is 0 Å². The van der Waals surface area contributed by atoms with Crippen LogP contribution >= 0.6 is 15.9 Å². The standard InChI is InChI=1S/C15H23BrN4O2/c1-10-8-19(14(21)22-15(3,4)5)9-11(2)20(10)13-17-6-12(16)7-18-13/h6-7,10-11H,8-9H2,1-5H3/t10-,11+. The third kappa shape index (κ3) is 4.09. The topological polar surface area (TPSA) is 58.6 Å². The third-order valence-electron chi connectivity index (χ3n) is 3.41. The average molecular weight is 371 g/mol. The van der Waals surface area contributed by atoms with Gasteiger partial charge in [-0.3, -0.25) is 0 Å². The molecule has 0 aliphatic carbocycles. The number of hydrogen-bond donors (Lipinski definition) is 0. The summed E-state index contributed by atoms with van der Waals surface area (Å²) in [5.74, 6) is 0.687. The summed E-state index contributed by atoms with van der Waals surface area (Å²) in [6.45, 7) is 11.0. The van der Waals surface area contributed by atoms with Crippen molar-refractivity contribution in [1.82, 2.24) is 14.9 Å². The zero-order valence-electron chi connectivity index (χ0n) is 13.7. The molecule has 1 saturated heterocycles. The molecule has 2 heterocycles. The van der Waals surface area contributed by atoms with Gasteiger partial charge in [-0.2, -0.15) is 0 Å². The summed E-state index contributed by atoms with van der Waals surface area (Å²) in [5, 5.41) is 0. The number of anilines is 1. The number of hydrogen-bond acceptors (Lipinski definition) is 5. The highest BCUT2D eigenvalue weighted by molar-refractivity contribution is 9.10. The summed E-state index contributed by atoms with van der Waals surface area (Å²) in [5.41, 5.74) is -0.477. The van der Waals surface area contributed by atoms with E-state index < -0.39 is 5.60 Å². The molecule has 7 heteroatoms. The molecule has 1 aliphatic heterocycles. The molecule has 1 aromatic heterocycles. The van der Waals surface area contributed by atoms with Crippen LogP contribution in [0.2, 0.25) is 0 Å². The van der Waals surface area contributed by atoms with Crippen LogP contribution in [0.3, 0.4) is 0 Å². The molecule has 22 heavy (non-hydrogen) atoms. The van der Waals surface area contributed by atoms with Gasteiger partial charge in [0.2, 0.25) is 5.95 Å². The first-order chi connectivity index (χ1) is 10.2. The molecule has 0 spiro atoms. The van der Waals surface area contributed by atoms with Crippen molar-refractivity contribution >= 4 is 28.0 Å². The Kier molecular flexibility index (Phi) is 4.94. The highest BCUT2D eigenvalue weighted by Crippen LogP contribution is 2.23. The van der Waals surface area contributed by atoms with E-state index in [0.29, 0.717) is 19.0 Å². The number of ether oxygens (including phenoxy) is 1. The molecule has 0 radical (unpaired) electrons. The van der Waals surface area contributed by atoms with Crippen LogP contribution in [0.4, 0.5) is 10.7 Å². The lowest BCUT2D eigenvalue weighted by atomic mass is 10.1. The van der Waals surface area contributed by atoms with E-state index in [2.05, 4.69) is 44.6 Å². The van der Waals surface area contributed by atoms with Crippen LogP contribution in [-0.2, 0) is 4.74 Å². The predicted molar refractivity (Wildman–Crippen MR) is 88.9 cm³/mol. The van der Waals surface area contributed by atoms with Gasteiger partial charge in [0, 0.05) is 37.6 Å². The van der Waals surface area contributed by atoms with Gasteiger partial charge >= 0.3 is 6.09 Å². The fourth-order valence-electron chi connectivity index (χ4n) is 2.63. The maximum Gasteiger partial charge on any atom is 0.410 e. The Balaban J connectivity index is 2.09. The molecule has 0 unspecified atom stereocenters. The lowest BCUT2D eigenvalue weighted by Gasteiger charge is -2.44. The smallest absolute Gasteiger partial charge is 0.410 e. The molecule has 0 saturated carbocycles. The van der Waals surface area contributed by atoms with Crippen molar-refractivity contribution in [3.63, 3.8) is 0 Å². The van der Waals surface area contributed by atoms with E-state index in [4.69, 9.17) is 4.74 Å². The fraction of sp³-hybridized carbons (Fsp3) is 0.667. The molecule has 0 aromatic carbocycles. The van der Waals surface area contributed by atoms with Gasteiger partial charge < -0.3 is 14.5 Å². The van der Waals surface area contributed by atoms with Gasteiger partial charge in [0.15, 0.2) is 0 Å². The first-order valence-electron chi connectivity index (χ1n) is 7.41. The second-order valence-electron chi connectivity index (χ2n) is 6.69. The summed E-state index contributed by atoms with van der Waals surface area (Å²) >= 11 is 3.34. The van der Waals surface area contributed by atoms with Crippen molar-refractivity contribution in [3.05, 3.63) is 16.9 Å². The highest BCUT2D eigenvalue weighted by atomic mass is 79.9. The van der Waals surface area contributed by atoms with E-state index in [9.17, 15) is 4.79 Å². The van der Waals surface area contributed by atoms with Crippen molar-refractivity contribution in [2.75, 3.05) is 18.0 Å². The second kappa shape index (κ2) is 6.40. The number of carbonyl (C=O) groups excluding carboxylic acids is 1. The van der Waals surface area contributed by atoms with E-state index in [1.54, 1.807) is 17.3 Å². The number of halogens is 1. The van der Waals surface area contributed by atoms with Gasteiger partial charge in [-0.05, 0) is 50.5 Å². The first-order valence-corrected chi connectivity index (χ1v) is 8.20. The summed E-state index contributed by atoms with van der Waals surface area (Å²) in [7, 11) is 0. The minimum atomic E-state index is -0.477. The highest BCUT2D eigenvalue weighted by Gasteiger charge is 2.35. The molecule has 1 aromatic rings. The Hall–Kier alpha value is -1.37. The van der Waals surface area contributed by atoms with Crippen LogP contribution < -0.4 is 4.90 Å². The molecule has 0 N–H and O–H groups in total. The summed E-state index contributed by atoms with van der Waals surface area (Å²) in [6, 6.07) is 0.245. The normalized spacial score (nSPS) is 22.6. The number of nitrogens with zero attached hydrogens (tertiary/aromatic N) is 4. The van der Waals surface area contributed by atoms with E-state index in [1.807, 2.05) is 20.8 Å². The number of amides is 1. The molecule has 2 atom stereocenters. The maximum atomic E-state index is 12.2. The molecule has 1 aliphatic rings. The molecule has 6 nitrogen and oxygen atoms in total. The third-order valence-corrected chi connectivity index (χ3v) is 3.82. The van der Waals surface area contributed by atoms with Crippen LogP contribution in [0.5, 0.6) is 0 Å². The van der Waals surface area contributed by atoms with E-state index in [1.165, 1.54) is 0 Å². The van der Waals surface area contributed by atoms with Crippen LogP contribution in [0, 0.1) is 0 Å². The van der Waals surface area contributed by atoms with E-state index in [0.717, 1.165) is 4.47 Å². The van der Waals surface area contributed by atoms with Crippen LogP contribution in [0.15, 0.2) is 16.9 Å². The lowest BCUT2D eigenvalue weighted by molar-refractivity contribution is 0.0192. The zero-order chi connectivity index (χ0) is 16.5. The lowest BCUT2D eigenvalue weighted by Crippen LogP contribution is -2.59. The predicted octanol–water partition coefficient (Wildman–Crippen LogP) is 3.07. The van der Waals surface area contributed by atoms with Crippen LogP contribution in [0.1, 0.15) is 34.6 Å². The van der Waals surface area contributed by atoms with Crippen LogP contribution in [-0.4, -0.2) is 51.7 Å². The van der Waals surface area contributed by atoms with Crippen molar-refractivity contribution < 1.29 is 9.53 Å². The van der Waals surface area contributed by atoms with Crippen molar-refractivity contribution in [2.45, 2.75) is 52.3 Å². The molecule has 0 bridgehead atoms. The van der Waals surface area contributed by atoms with Crippen molar-refractivity contribution in [3.8, 4) is 0 Å². The summed E-state index contributed by atoms with van der Waals surface area (Å²) in [4.78, 5) is 24.9. The summed E-state index contributed by atoms with van der Waals surface area (Å²) in [6.07, 6.45) is 3.21. The number of carbonyl (C=O) groups is 1. The molecule has 1 fully saturated rings. The Morgan fingerprint density at radius 1 is 1.23 bits per heavy atom. The minimum absolute atomic E-state index is 0.123. The minimum Gasteiger partial charge on any atom is -0.444 e. The van der Waals surface area contributed by atoms with E-state index in [-0.39, 0.29) is 18.2 Å². The zero-order valence-corrected chi connectivity index (χ0v) is 15.3. The Morgan fingerprint density at radius 3 is 2.18 bits per heavy atom. The number of rotatable bonds is 1. The largest absolute Gasteiger partial charge is 0.444 e.